The Bertz CT molecular complexity index is 1370. The maximum Gasteiger partial charge on any atom is 0.263 e. The van der Waals surface area contributed by atoms with E-state index in [0.717, 1.165) is 27.3 Å². The molecule has 164 valence electrons. The summed E-state index contributed by atoms with van der Waals surface area (Å²) >= 11 is 4.34. The number of anilines is 2. The Morgan fingerprint density at radius 1 is 1.25 bits per heavy atom. The van der Waals surface area contributed by atoms with E-state index in [9.17, 15) is 9.59 Å². The highest BCUT2D eigenvalue weighted by molar-refractivity contribution is 7.98. The quantitative estimate of drug-likeness (QED) is 0.192. The van der Waals surface area contributed by atoms with Gasteiger partial charge >= 0.3 is 0 Å². The van der Waals surface area contributed by atoms with E-state index in [-0.39, 0.29) is 11.5 Å². The smallest absolute Gasteiger partial charge is 0.263 e. The molecule has 0 atom stereocenters. The molecule has 0 aliphatic carbocycles. The number of carbonyl (C=O) groups excluding carboxylic acids is 1. The van der Waals surface area contributed by atoms with Crippen molar-refractivity contribution in [3.63, 3.8) is 0 Å². The molecule has 9 heteroatoms. The average molecular weight is 483 g/mol. The summed E-state index contributed by atoms with van der Waals surface area (Å²) in [7, 11) is 0. The molecule has 0 saturated carbocycles. The van der Waals surface area contributed by atoms with Crippen molar-refractivity contribution in [2.24, 2.45) is 0 Å². The molecule has 0 aliphatic heterocycles. The number of rotatable bonds is 7. The third-order valence-electron chi connectivity index (χ3n) is 5.07. The lowest BCUT2D eigenvalue weighted by molar-refractivity contribution is -0.115. The number of hydrogen-bond donors (Lipinski definition) is 0. The Morgan fingerprint density at radius 3 is 2.81 bits per heavy atom. The van der Waals surface area contributed by atoms with E-state index in [0.29, 0.717) is 28.0 Å². The molecular weight excluding hydrogens is 460 g/mol. The lowest BCUT2D eigenvalue weighted by atomic mass is 10.1. The topological polar surface area (TPSA) is 68.1 Å². The van der Waals surface area contributed by atoms with Crippen LogP contribution in [0.25, 0.3) is 10.2 Å². The Morgan fingerprint density at radius 2 is 2.06 bits per heavy atom. The van der Waals surface area contributed by atoms with Gasteiger partial charge in [0.05, 0.1) is 16.8 Å². The third-order valence-corrected chi connectivity index (χ3v) is 7.76. The minimum Gasteiger partial charge on any atom is -0.283 e. The number of carbonyl (C=O) groups is 1. The predicted molar refractivity (Wildman–Crippen MR) is 134 cm³/mol. The lowest BCUT2D eigenvalue weighted by Crippen LogP contribution is -2.23. The fraction of sp³-hybridized carbons (Fsp3) is 0.217. The van der Waals surface area contributed by atoms with E-state index in [1.54, 1.807) is 28.5 Å². The van der Waals surface area contributed by atoms with Crippen LogP contribution in [0.5, 0.6) is 0 Å². The molecular formula is C23H22N4O2S3. The molecule has 4 aromatic rings. The number of fused-ring (bicyclic) bond motifs is 1. The van der Waals surface area contributed by atoms with Gasteiger partial charge in [-0.2, -0.15) is 0 Å². The van der Waals surface area contributed by atoms with Crippen LogP contribution >= 0.6 is 34.4 Å². The van der Waals surface area contributed by atoms with E-state index in [4.69, 9.17) is 4.98 Å². The normalized spacial score (nSPS) is 11.1. The molecule has 32 heavy (non-hydrogen) atoms. The molecule has 0 aliphatic rings. The summed E-state index contributed by atoms with van der Waals surface area (Å²) in [6, 6.07) is 7.72. The average Bonchev–Trinajstić information content (AvgIpc) is 3.42. The van der Waals surface area contributed by atoms with Crippen molar-refractivity contribution in [2.45, 2.75) is 38.2 Å². The highest BCUT2D eigenvalue weighted by atomic mass is 32.2. The SMILES string of the molecule is C=CCn1c(SCc2csc(N(C(C)=O)c3cccc(C)c3C)n2)nc2sccc2c1=O. The number of nitrogens with zero attached hydrogens (tertiary/aromatic N) is 4. The molecule has 0 bridgehead atoms. The Hall–Kier alpha value is -2.75. The van der Waals surface area contributed by atoms with Gasteiger partial charge in [-0.3, -0.25) is 19.1 Å². The molecule has 1 aromatic carbocycles. The van der Waals surface area contributed by atoms with Crippen molar-refractivity contribution in [3.05, 3.63) is 74.9 Å². The Kier molecular flexibility index (Phi) is 6.59. The Balaban J connectivity index is 1.62. The summed E-state index contributed by atoms with van der Waals surface area (Å²) in [6.45, 7) is 9.75. The molecule has 0 N–H and O–H groups in total. The number of allylic oxidation sites excluding steroid dienone is 1. The summed E-state index contributed by atoms with van der Waals surface area (Å²) < 4.78 is 1.64. The van der Waals surface area contributed by atoms with Gasteiger partial charge in [0.1, 0.15) is 4.83 Å². The number of aromatic nitrogens is 3. The van der Waals surface area contributed by atoms with Crippen LogP contribution in [0.15, 0.2) is 57.6 Å². The van der Waals surface area contributed by atoms with Gasteiger partial charge in [0, 0.05) is 24.6 Å². The summed E-state index contributed by atoms with van der Waals surface area (Å²) in [6.07, 6.45) is 1.70. The monoisotopic (exact) mass is 482 g/mol. The van der Waals surface area contributed by atoms with Crippen LogP contribution in [0, 0.1) is 13.8 Å². The van der Waals surface area contributed by atoms with Crippen LogP contribution in [0.1, 0.15) is 23.7 Å². The fourth-order valence-corrected chi connectivity index (χ4v) is 6.01. The van der Waals surface area contributed by atoms with Gasteiger partial charge in [-0.25, -0.2) is 9.97 Å². The van der Waals surface area contributed by atoms with Gasteiger partial charge in [0.2, 0.25) is 5.91 Å². The highest BCUT2D eigenvalue weighted by Gasteiger charge is 2.20. The highest BCUT2D eigenvalue weighted by Crippen LogP contribution is 2.33. The van der Waals surface area contributed by atoms with Crippen molar-refractivity contribution >= 4 is 61.4 Å². The van der Waals surface area contributed by atoms with Crippen molar-refractivity contribution in [1.82, 2.24) is 14.5 Å². The number of hydrogen-bond acceptors (Lipinski definition) is 7. The zero-order valence-electron chi connectivity index (χ0n) is 18.0. The number of benzene rings is 1. The first-order chi connectivity index (χ1) is 15.4. The van der Waals surface area contributed by atoms with Crippen LogP contribution < -0.4 is 10.5 Å². The lowest BCUT2D eigenvalue weighted by Gasteiger charge is -2.21. The largest absolute Gasteiger partial charge is 0.283 e. The van der Waals surface area contributed by atoms with Crippen molar-refractivity contribution in [3.8, 4) is 0 Å². The first kappa shape index (κ1) is 22.4. The molecule has 6 nitrogen and oxygen atoms in total. The van der Waals surface area contributed by atoms with Crippen molar-refractivity contribution in [2.75, 3.05) is 4.90 Å². The van der Waals surface area contributed by atoms with Gasteiger partial charge in [0.15, 0.2) is 10.3 Å². The minimum atomic E-state index is -0.0862. The number of thioether (sulfide) groups is 1. The molecule has 1 amide bonds. The maximum absolute atomic E-state index is 12.8. The number of amides is 1. The second kappa shape index (κ2) is 9.40. The van der Waals surface area contributed by atoms with Crippen molar-refractivity contribution in [1.29, 1.82) is 0 Å². The van der Waals surface area contributed by atoms with Crippen molar-refractivity contribution < 1.29 is 4.79 Å². The van der Waals surface area contributed by atoms with Crippen LogP contribution in [0.4, 0.5) is 10.8 Å². The van der Waals surface area contributed by atoms with Gasteiger partial charge < -0.3 is 0 Å². The second-order valence-corrected chi connectivity index (χ2v) is 9.90. The molecule has 0 radical (unpaired) electrons. The first-order valence-electron chi connectivity index (χ1n) is 9.93. The second-order valence-electron chi connectivity index (χ2n) is 7.22. The summed E-state index contributed by atoms with van der Waals surface area (Å²) in [4.78, 5) is 37.1. The maximum atomic E-state index is 12.8. The zero-order chi connectivity index (χ0) is 22.8. The predicted octanol–water partition coefficient (Wildman–Crippen LogP) is 5.69. The van der Waals surface area contributed by atoms with Crippen LogP contribution in [0.3, 0.4) is 0 Å². The standard InChI is InChI=1S/C23H22N4O2S3/c1-5-10-26-21(29)18-9-11-30-20(18)25-22(26)31-12-17-13-32-23(24-17)27(16(4)28)19-8-6-7-14(2)15(19)3/h5-9,11,13H,1,10,12H2,2-4H3. The van der Waals surface area contributed by atoms with Crippen LogP contribution in [-0.4, -0.2) is 20.4 Å². The summed E-state index contributed by atoms with van der Waals surface area (Å²) in [5.41, 5.74) is 3.79. The van der Waals surface area contributed by atoms with Crippen LogP contribution in [0.2, 0.25) is 0 Å². The van der Waals surface area contributed by atoms with Gasteiger partial charge in [-0.1, -0.05) is 30.0 Å². The molecule has 0 fully saturated rings. The van der Waals surface area contributed by atoms with Gasteiger partial charge in [-0.05, 0) is 42.5 Å². The summed E-state index contributed by atoms with van der Waals surface area (Å²) in [5, 5.41) is 5.72. The van der Waals surface area contributed by atoms with E-state index in [1.807, 2.05) is 42.8 Å². The minimum absolute atomic E-state index is 0.0599. The molecule has 0 unspecified atom stereocenters. The molecule has 4 rings (SSSR count). The number of aryl methyl sites for hydroxylation is 1. The van der Waals surface area contributed by atoms with Gasteiger partial charge in [0.25, 0.3) is 5.56 Å². The fourth-order valence-electron chi connectivity index (χ4n) is 3.32. The zero-order valence-corrected chi connectivity index (χ0v) is 20.4. The molecule has 0 spiro atoms. The van der Waals surface area contributed by atoms with Crippen LogP contribution in [-0.2, 0) is 17.1 Å². The first-order valence-corrected chi connectivity index (χ1v) is 12.7. The van der Waals surface area contributed by atoms with E-state index < -0.39 is 0 Å². The van der Waals surface area contributed by atoms with E-state index in [2.05, 4.69) is 11.6 Å². The number of thiophene rings is 1. The van der Waals surface area contributed by atoms with Gasteiger partial charge in [-0.15, -0.1) is 29.3 Å². The Labute approximate surface area is 198 Å². The molecule has 3 heterocycles. The molecule has 0 saturated heterocycles. The summed E-state index contributed by atoms with van der Waals surface area (Å²) in [5.74, 6) is 0.451. The van der Waals surface area contributed by atoms with E-state index in [1.165, 1.54) is 34.4 Å². The van der Waals surface area contributed by atoms with E-state index >= 15 is 0 Å². The third kappa shape index (κ3) is 4.28. The molecule has 3 aromatic heterocycles. The number of thiazole rings is 1.